The number of amides is 2. The Hall–Kier alpha value is -1.92. The van der Waals surface area contributed by atoms with Crippen LogP contribution in [0.5, 0.6) is 0 Å². The fourth-order valence-corrected chi connectivity index (χ4v) is 4.96. The Kier molecular flexibility index (Phi) is 8.11. The predicted octanol–water partition coefficient (Wildman–Crippen LogP) is 3.19. The number of hydrogen-bond donors (Lipinski definition) is 2. The highest BCUT2D eigenvalue weighted by molar-refractivity contribution is 5.93. The average molecular weight is 429 g/mol. The highest BCUT2D eigenvalue weighted by Crippen LogP contribution is 2.29. The van der Waals surface area contributed by atoms with Crippen molar-refractivity contribution >= 4 is 17.5 Å². The van der Waals surface area contributed by atoms with E-state index in [2.05, 4.69) is 34.3 Å². The molecule has 4 atom stereocenters. The normalized spacial score (nSPS) is 26.3. The molecule has 1 aromatic carbocycles. The summed E-state index contributed by atoms with van der Waals surface area (Å²) >= 11 is 0. The van der Waals surface area contributed by atoms with Gasteiger partial charge in [0.25, 0.3) is 0 Å². The quantitative estimate of drug-likeness (QED) is 0.730. The number of nitrogens with one attached hydrogen (secondary N) is 2. The molecule has 3 rings (SSSR count). The number of anilines is 1. The third-order valence-electron chi connectivity index (χ3n) is 7.48. The van der Waals surface area contributed by atoms with E-state index in [1.807, 2.05) is 39.0 Å². The van der Waals surface area contributed by atoms with E-state index in [-0.39, 0.29) is 17.9 Å². The van der Waals surface area contributed by atoms with Crippen LogP contribution in [0.4, 0.5) is 5.69 Å². The summed E-state index contributed by atoms with van der Waals surface area (Å²) in [5, 5.41) is 6.39. The van der Waals surface area contributed by atoms with Crippen LogP contribution in [0, 0.1) is 25.7 Å². The number of carbonyl (C=O) groups excluding carboxylic acids is 2. The minimum Gasteiger partial charge on any atom is -0.352 e. The molecule has 0 radical (unpaired) electrons. The Morgan fingerprint density at radius 3 is 2.35 bits per heavy atom. The van der Waals surface area contributed by atoms with Crippen LogP contribution >= 0.6 is 0 Å². The minimum absolute atomic E-state index is 0.0250. The van der Waals surface area contributed by atoms with Gasteiger partial charge in [-0.05, 0) is 50.2 Å². The van der Waals surface area contributed by atoms with Crippen molar-refractivity contribution in [1.82, 2.24) is 15.1 Å². The molecule has 2 aliphatic rings. The van der Waals surface area contributed by atoms with Gasteiger partial charge in [0.2, 0.25) is 11.8 Å². The van der Waals surface area contributed by atoms with Crippen molar-refractivity contribution in [2.45, 2.75) is 66.0 Å². The van der Waals surface area contributed by atoms with E-state index in [0.29, 0.717) is 24.4 Å². The van der Waals surface area contributed by atoms with E-state index in [1.165, 1.54) is 12.8 Å². The molecule has 172 valence electrons. The highest BCUT2D eigenvalue weighted by Gasteiger charge is 2.31. The summed E-state index contributed by atoms with van der Waals surface area (Å²) in [5.41, 5.74) is 3.09. The molecule has 0 bridgehead atoms. The van der Waals surface area contributed by atoms with Gasteiger partial charge in [0.05, 0.1) is 12.6 Å². The molecule has 0 aromatic heterocycles. The molecule has 1 saturated carbocycles. The zero-order chi connectivity index (χ0) is 22.5. The standard InChI is InChI=1S/C25H40N4O2/c1-17-8-7-11-22(20(17)4)26-25(31)21(5)29-14-12-28(13-15-29)16-23(30)27-24-18(2)9-6-10-19(24)3/h6,9-10,17,20-22H,7-8,11-16H2,1-5H3,(H,26,31)(H,27,30)/t17-,20-,21+,22-/m0/s1. The molecule has 2 amide bonds. The highest BCUT2D eigenvalue weighted by atomic mass is 16.2. The smallest absolute Gasteiger partial charge is 0.238 e. The molecular formula is C25H40N4O2. The van der Waals surface area contributed by atoms with Gasteiger partial charge in [0.15, 0.2) is 0 Å². The third-order valence-corrected chi connectivity index (χ3v) is 7.48. The van der Waals surface area contributed by atoms with Gasteiger partial charge in [0.1, 0.15) is 0 Å². The number of nitrogens with zero attached hydrogens (tertiary/aromatic N) is 2. The fourth-order valence-electron chi connectivity index (χ4n) is 4.96. The molecule has 1 heterocycles. The van der Waals surface area contributed by atoms with Crippen molar-refractivity contribution in [3.63, 3.8) is 0 Å². The third kappa shape index (κ3) is 6.07. The largest absolute Gasteiger partial charge is 0.352 e. The maximum Gasteiger partial charge on any atom is 0.238 e. The first-order chi connectivity index (χ1) is 14.8. The van der Waals surface area contributed by atoms with Gasteiger partial charge in [-0.2, -0.15) is 0 Å². The monoisotopic (exact) mass is 428 g/mol. The molecular weight excluding hydrogens is 388 g/mol. The first-order valence-electron chi connectivity index (χ1n) is 11.9. The van der Waals surface area contributed by atoms with Crippen LogP contribution in [-0.4, -0.2) is 66.4 Å². The Balaban J connectivity index is 1.44. The second-order valence-electron chi connectivity index (χ2n) is 9.69. The summed E-state index contributed by atoms with van der Waals surface area (Å²) in [6, 6.07) is 6.21. The van der Waals surface area contributed by atoms with Gasteiger partial charge >= 0.3 is 0 Å². The zero-order valence-electron chi connectivity index (χ0n) is 19.9. The van der Waals surface area contributed by atoms with Gasteiger partial charge < -0.3 is 10.6 Å². The number of para-hydroxylation sites is 1. The van der Waals surface area contributed by atoms with Gasteiger partial charge in [-0.25, -0.2) is 0 Å². The topological polar surface area (TPSA) is 64.7 Å². The Morgan fingerprint density at radius 1 is 1.06 bits per heavy atom. The van der Waals surface area contributed by atoms with E-state index < -0.39 is 0 Å². The van der Waals surface area contributed by atoms with E-state index in [4.69, 9.17) is 0 Å². The SMILES string of the molecule is Cc1cccc(C)c1NC(=O)CN1CCN([C@H](C)C(=O)N[C@H]2CCC[C@H](C)[C@@H]2C)CC1. The molecule has 6 heteroatoms. The molecule has 0 spiro atoms. The second-order valence-corrected chi connectivity index (χ2v) is 9.69. The predicted molar refractivity (Wildman–Crippen MR) is 126 cm³/mol. The van der Waals surface area contributed by atoms with E-state index >= 15 is 0 Å². The van der Waals surface area contributed by atoms with Crippen LogP contribution in [0.3, 0.4) is 0 Å². The summed E-state index contributed by atoms with van der Waals surface area (Å²) in [6.45, 7) is 14.2. The molecule has 6 nitrogen and oxygen atoms in total. The van der Waals surface area contributed by atoms with Gasteiger partial charge in [0, 0.05) is 37.9 Å². The summed E-state index contributed by atoms with van der Waals surface area (Å²) in [5.74, 6) is 1.38. The molecule has 2 N–H and O–H groups in total. The first-order valence-corrected chi connectivity index (χ1v) is 11.9. The van der Waals surface area contributed by atoms with Gasteiger partial charge in [-0.3, -0.25) is 19.4 Å². The number of piperazine rings is 1. The minimum atomic E-state index is -0.130. The lowest BCUT2D eigenvalue weighted by atomic mass is 9.78. The van der Waals surface area contributed by atoms with Gasteiger partial charge in [-0.1, -0.05) is 44.9 Å². The lowest BCUT2D eigenvalue weighted by molar-refractivity contribution is -0.128. The summed E-state index contributed by atoms with van der Waals surface area (Å²) < 4.78 is 0. The molecule has 2 fully saturated rings. The summed E-state index contributed by atoms with van der Waals surface area (Å²) in [7, 11) is 0. The van der Waals surface area contributed by atoms with Crippen molar-refractivity contribution in [3.8, 4) is 0 Å². The molecule has 0 unspecified atom stereocenters. The van der Waals surface area contributed by atoms with Gasteiger partial charge in [-0.15, -0.1) is 0 Å². The van der Waals surface area contributed by atoms with Crippen molar-refractivity contribution in [2.75, 3.05) is 38.0 Å². The summed E-state index contributed by atoms with van der Waals surface area (Å²) in [4.78, 5) is 29.8. The van der Waals surface area contributed by atoms with E-state index in [1.54, 1.807) is 0 Å². The number of aryl methyl sites for hydroxylation is 2. The van der Waals surface area contributed by atoms with Crippen LogP contribution in [0.15, 0.2) is 18.2 Å². The van der Waals surface area contributed by atoms with Crippen LogP contribution in [0.1, 0.15) is 51.2 Å². The number of carbonyl (C=O) groups is 2. The Labute approximate surface area is 187 Å². The molecule has 1 saturated heterocycles. The fraction of sp³-hybridized carbons (Fsp3) is 0.680. The Bertz CT molecular complexity index is 753. The van der Waals surface area contributed by atoms with Crippen molar-refractivity contribution in [1.29, 1.82) is 0 Å². The van der Waals surface area contributed by atoms with Crippen LogP contribution in [0.25, 0.3) is 0 Å². The van der Waals surface area contributed by atoms with Crippen molar-refractivity contribution in [2.24, 2.45) is 11.8 Å². The second kappa shape index (κ2) is 10.6. The Morgan fingerprint density at radius 2 is 1.71 bits per heavy atom. The van der Waals surface area contributed by atoms with Crippen molar-refractivity contribution in [3.05, 3.63) is 29.3 Å². The van der Waals surface area contributed by atoms with Crippen LogP contribution < -0.4 is 10.6 Å². The van der Waals surface area contributed by atoms with Crippen LogP contribution in [-0.2, 0) is 9.59 Å². The number of benzene rings is 1. The lowest BCUT2D eigenvalue weighted by Crippen LogP contribution is -2.56. The van der Waals surface area contributed by atoms with E-state index in [0.717, 1.165) is 49.4 Å². The maximum absolute atomic E-state index is 12.9. The zero-order valence-corrected chi connectivity index (χ0v) is 19.9. The van der Waals surface area contributed by atoms with Crippen molar-refractivity contribution < 1.29 is 9.59 Å². The lowest BCUT2D eigenvalue weighted by Gasteiger charge is -2.39. The molecule has 31 heavy (non-hydrogen) atoms. The first kappa shape index (κ1) is 23.7. The van der Waals surface area contributed by atoms with E-state index in [9.17, 15) is 9.59 Å². The maximum atomic E-state index is 12.9. The molecule has 1 aliphatic carbocycles. The van der Waals surface area contributed by atoms with Crippen LogP contribution in [0.2, 0.25) is 0 Å². The average Bonchev–Trinajstić information content (AvgIpc) is 2.74. The molecule has 1 aliphatic heterocycles. The number of hydrogen-bond acceptors (Lipinski definition) is 4. The summed E-state index contributed by atoms with van der Waals surface area (Å²) in [6.07, 6.45) is 3.56. The number of rotatable bonds is 6. The molecule has 1 aromatic rings.